The lowest BCUT2D eigenvalue weighted by Crippen LogP contribution is -2.54. The largest absolute Gasteiger partial charge is 0.420 e. The van der Waals surface area contributed by atoms with Gasteiger partial charge in [-0.3, -0.25) is 9.48 Å². The molecule has 0 bridgehead atoms. The van der Waals surface area contributed by atoms with Gasteiger partial charge in [-0.05, 0) is 61.5 Å². The Labute approximate surface area is 190 Å². The first kappa shape index (κ1) is 22.4. The molecule has 7 nitrogen and oxygen atoms in total. The lowest BCUT2D eigenvalue weighted by Gasteiger charge is -2.60. The lowest BCUT2D eigenvalue weighted by atomic mass is 9.45. The molecule has 2 N–H and O–H groups in total. The highest BCUT2D eigenvalue weighted by atomic mass is 32.2. The summed E-state index contributed by atoms with van der Waals surface area (Å²) in [4.78, 5) is 17.1. The molecule has 3 aliphatic carbocycles. The first-order chi connectivity index (χ1) is 15.4. The van der Waals surface area contributed by atoms with E-state index in [2.05, 4.69) is 22.3 Å². The summed E-state index contributed by atoms with van der Waals surface area (Å²) < 4.78 is 63.6. The number of pyridine rings is 1. The van der Waals surface area contributed by atoms with E-state index in [1.807, 2.05) is 0 Å². The van der Waals surface area contributed by atoms with Crippen molar-refractivity contribution in [3.05, 3.63) is 35.3 Å². The Morgan fingerprint density at radius 3 is 2.58 bits per heavy atom. The molecule has 5 rings (SSSR count). The summed E-state index contributed by atoms with van der Waals surface area (Å²) in [5, 5.41) is 6.81. The van der Waals surface area contributed by atoms with Crippen molar-refractivity contribution in [3.63, 3.8) is 0 Å². The Kier molecular flexibility index (Phi) is 4.94. The maximum absolute atomic E-state index is 14.2. The van der Waals surface area contributed by atoms with Crippen molar-refractivity contribution in [2.45, 2.75) is 62.7 Å². The SMILES string of the molecule is CC1(Cn2nc(C3CC3)c(C(F)(F)F)c2C(=O)Nc2ccnc(S(C)(=N)=O)c2)CC2CCC21. The van der Waals surface area contributed by atoms with E-state index in [4.69, 9.17) is 4.78 Å². The quantitative estimate of drug-likeness (QED) is 0.613. The predicted octanol–water partition coefficient (Wildman–Crippen LogP) is 4.90. The van der Waals surface area contributed by atoms with Gasteiger partial charge in [-0.25, -0.2) is 14.0 Å². The van der Waals surface area contributed by atoms with Gasteiger partial charge in [0.15, 0.2) is 0 Å². The standard InChI is InChI=1S/C22H26F3N5O2S/c1-21(10-13-5-6-15(13)21)11-30-19(17(22(23,24)25)18(29-30)12-3-4-12)20(31)28-14-7-8-27-16(9-14)33(2,26)32/h7-9,12-13,15,26H,3-6,10-11H2,1-2H3,(H,27,28,31). The Morgan fingerprint density at radius 2 is 2.06 bits per heavy atom. The van der Waals surface area contributed by atoms with Crippen LogP contribution in [-0.2, 0) is 22.5 Å². The number of alkyl halides is 3. The third kappa shape index (κ3) is 3.94. The number of hydrogen-bond acceptors (Lipinski definition) is 5. The molecular formula is C22H26F3N5O2S. The lowest BCUT2D eigenvalue weighted by molar-refractivity contribution is -0.138. The fraction of sp³-hybridized carbons (Fsp3) is 0.591. The van der Waals surface area contributed by atoms with Crippen molar-refractivity contribution in [2.24, 2.45) is 17.3 Å². The third-order valence-electron chi connectivity index (χ3n) is 7.39. The molecule has 0 spiro atoms. The second kappa shape index (κ2) is 7.28. The molecule has 0 saturated heterocycles. The van der Waals surface area contributed by atoms with E-state index >= 15 is 0 Å². The molecule has 2 aromatic heterocycles. The summed E-state index contributed by atoms with van der Waals surface area (Å²) in [6.45, 7) is 2.34. The molecule has 2 aromatic rings. The van der Waals surface area contributed by atoms with Crippen LogP contribution in [0.15, 0.2) is 23.4 Å². The number of carbonyl (C=O) groups is 1. The van der Waals surface area contributed by atoms with Gasteiger partial charge >= 0.3 is 6.18 Å². The topological polar surface area (TPSA) is 101 Å². The van der Waals surface area contributed by atoms with Crippen molar-refractivity contribution in [2.75, 3.05) is 11.6 Å². The number of anilines is 1. The Morgan fingerprint density at radius 1 is 1.33 bits per heavy atom. The number of rotatable bonds is 6. The van der Waals surface area contributed by atoms with Crippen LogP contribution < -0.4 is 5.32 Å². The van der Waals surface area contributed by atoms with E-state index < -0.39 is 33.1 Å². The van der Waals surface area contributed by atoms with Crippen LogP contribution in [0.2, 0.25) is 0 Å². The van der Waals surface area contributed by atoms with E-state index in [9.17, 15) is 22.2 Å². The van der Waals surface area contributed by atoms with Crippen LogP contribution in [0.4, 0.5) is 18.9 Å². The summed E-state index contributed by atoms with van der Waals surface area (Å²) >= 11 is 0. The first-order valence-corrected chi connectivity index (χ1v) is 13.0. The van der Waals surface area contributed by atoms with Gasteiger partial charge in [0.1, 0.15) is 16.3 Å². The molecule has 0 radical (unpaired) electrons. The predicted molar refractivity (Wildman–Crippen MR) is 115 cm³/mol. The molecule has 4 atom stereocenters. The molecule has 0 aromatic carbocycles. The van der Waals surface area contributed by atoms with Crippen LogP contribution in [0, 0.1) is 22.0 Å². The van der Waals surface area contributed by atoms with Crippen LogP contribution in [0.1, 0.15) is 66.7 Å². The van der Waals surface area contributed by atoms with Crippen LogP contribution in [-0.4, -0.2) is 31.1 Å². The van der Waals surface area contributed by atoms with Gasteiger partial charge in [-0.2, -0.15) is 18.3 Å². The second-order valence-corrected chi connectivity index (χ2v) is 12.1. The van der Waals surface area contributed by atoms with Crippen molar-refractivity contribution >= 4 is 21.3 Å². The molecular weight excluding hydrogens is 455 g/mol. The summed E-state index contributed by atoms with van der Waals surface area (Å²) in [5.41, 5.74) is -1.51. The normalized spacial score (nSPS) is 28.3. The number of nitrogens with zero attached hydrogens (tertiary/aromatic N) is 3. The zero-order valence-corrected chi connectivity index (χ0v) is 19.2. The van der Waals surface area contributed by atoms with Gasteiger partial charge in [0.25, 0.3) is 5.91 Å². The Balaban J connectivity index is 1.54. The molecule has 1 amide bonds. The highest BCUT2D eigenvalue weighted by molar-refractivity contribution is 7.91. The van der Waals surface area contributed by atoms with E-state index in [-0.39, 0.29) is 34.3 Å². The number of amides is 1. The summed E-state index contributed by atoms with van der Waals surface area (Å²) in [6.07, 6.45) is 2.16. The fourth-order valence-corrected chi connectivity index (χ4v) is 6.10. The minimum atomic E-state index is -4.72. The Bertz CT molecular complexity index is 1240. The van der Waals surface area contributed by atoms with Crippen LogP contribution in [0.5, 0.6) is 0 Å². The molecule has 3 aliphatic rings. The summed E-state index contributed by atoms with van der Waals surface area (Å²) in [6, 6.07) is 2.66. The van der Waals surface area contributed by atoms with Gasteiger partial charge in [0.2, 0.25) is 0 Å². The monoisotopic (exact) mass is 481 g/mol. The highest BCUT2D eigenvalue weighted by Crippen LogP contribution is 2.62. The minimum Gasteiger partial charge on any atom is -0.320 e. The number of fused-ring (bicyclic) bond motifs is 1. The van der Waals surface area contributed by atoms with Crippen LogP contribution >= 0.6 is 0 Å². The van der Waals surface area contributed by atoms with Gasteiger partial charge in [-0.1, -0.05) is 6.92 Å². The Hall–Kier alpha value is -2.43. The van der Waals surface area contributed by atoms with Crippen molar-refractivity contribution in [1.29, 1.82) is 4.78 Å². The average molecular weight is 482 g/mol. The number of aromatic nitrogens is 3. The highest BCUT2D eigenvalue weighted by Gasteiger charge is 2.56. The summed E-state index contributed by atoms with van der Waals surface area (Å²) in [7, 11) is -3.15. The minimum absolute atomic E-state index is 0.0427. The molecule has 3 fully saturated rings. The number of halogens is 3. The van der Waals surface area contributed by atoms with Crippen molar-refractivity contribution < 1.29 is 22.2 Å². The number of carbonyl (C=O) groups excluding carboxylic acids is 1. The van der Waals surface area contributed by atoms with Crippen LogP contribution in [0.3, 0.4) is 0 Å². The maximum atomic E-state index is 14.2. The second-order valence-electron chi connectivity index (χ2n) is 10.0. The van der Waals surface area contributed by atoms with E-state index in [1.165, 1.54) is 29.3 Å². The zero-order valence-electron chi connectivity index (χ0n) is 18.4. The smallest absolute Gasteiger partial charge is 0.320 e. The molecule has 4 unspecified atom stereocenters. The molecule has 0 aliphatic heterocycles. The molecule has 178 valence electrons. The van der Waals surface area contributed by atoms with Gasteiger partial charge in [-0.15, -0.1) is 0 Å². The van der Waals surface area contributed by atoms with Gasteiger partial charge < -0.3 is 5.32 Å². The van der Waals surface area contributed by atoms with Crippen LogP contribution in [0.25, 0.3) is 0 Å². The molecule has 2 heterocycles. The summed E-state index contributed by atoms with van der Waals surface area (Å²) in [5.74, 6) is -0.0918. The average Bonchev–Trinajstić information content (AvgIpc) is 3.45. The van der Waals surface area contributed by atoms with Crippen molar-refractivity contribution in [1.82, 2.24) is 14.8 Å². The third-order valence-corrected chi connectivity index (χ3v) is 8.41. The van der Waals surface area contributed by atoms with Gasteiger partial charge in [0, 0.05) is 30.6 Å². The van der Waals surface area contributed by atoms with E-state index in [0.717, 1.165) is 19.3 Å². The maximum Gasteiger partial charge on any atom is 0.420 e. The first-order valence-electron chi connectivity index (χ1n) is 11.1. The number of hydrogen-bond donors (Lipinski definition) is 2. The zero-order chi connectivity index (χ0) is 23.8. The molecule has 33 heavy (non-hydrogen) atoms. The number of nitrogens with one attached hydrogen (secondary N) is 2. The molecule has 3 saturated carbocycles. The van der Waals surface area contributed by atoms with E-state index in [0.29, 0.717) is 24.7 Å². The van der Waals surface area contributed by atoms with Crippen molar-refractivity contribution in [3.8, 4) is 0 Å². The fourth-order valence-electron chi connectivity index (χ4n) is 5.48. The molecule has 11 heteroatoms. The van der Waals surface area contributed by atoms with Gasteiger partial charge in [0.05, 0.1) is 15.4 Å². The van der Waals surface area contributed by atoms with E-state index in [1.54, 1.807) is 0 Å².